The van der Waals surface area contributed by atoms with E-state index in [-0.39, 0.29) is 4.90 Å². The summed E-state index contributed by atoms with van der Waals surface area (Å²) in [4.78, 5) is 15.9. The average molecular weight is 422 g/mol. The van der Waals surface area contributed by atoms with E-state index in [2.05, 4.69) is 9.71 Å². The van der Waals surface area contributed by atoms with Crippen molar-refractivity contribution in [2.75, 3.05) is 4.72 Å². The SMILES string of the molecule is CC(=O)OC(C)n1c(C)nc2ccc(NS(=O)(=O)c3cccc(Cl)c3C)cc21. The normalized spacial score (nSPS) is 12.8. The van der Waals surface area contributed by atoms with Crippen molar-refractivity contribution in [3.63, 3.8) is 0 Å². The largest absolute Gasteiger partial charge is 0.442 e. The Labute approximate surface area is 168 Å². The number of benzene rings is 2. The number of nitrogens with zero attached hydrogens (tertiary/aromatic N) is 2. The van der Waals surface area contributed by atoms with Crippen LogP contribution in [0.2, 0.25) is 5.02 Å². The van der Waals surface area contributed by atoms with Crippen LogP contribution in [0.1, 0.15) is 31.5 Å². The van der Waals surface area contributed by atoms with Crippen molar-refractivity contribution >= 4 is 44.3 Å². The van der Waals surface area contributed by atoms with Crippen LogP contribution in [0.4, 0.5) is 5.69 Å². The van der Waals surface area contributed by atoms with E-state index in [0.717, 1.165) is 0 Å². The van der Waals surface area contributed by atoms with Gasteiger partial charge in [0.1, 0.15) is 5.82 Å². The van der Waals surface area contributed by atoms with E-state index in [9.17, 15) is 13.2 Å². The van der Waals surface area contributed by atoms with Gasteiger partial charge >= 0.3 is 5.97 Å². The Hall–Kier alpha value is -2.58. The Kier molecular flexibility index (Phi) is 5.36. The molecule has 0 spiro atoms. The molecule has 0 aliphatic rings. The first kappa shape index (κ1) is 20.2. The number of aromatic nitrogens is 2. The first-order valence-corrected chi connectivity index (χ1v) is 10.4. The molecule has 1 heterocycles. The lowest BCUT2D eigenvalue weighted by molar-refractivity contribution is -0.149. The molecule has 0 fully saturated rings. The molecule has 3 aromatic rings. The monoisotopic (exact) mass is 421 g/mol. The second-order valence-electron chi connectivity index (χ2n) is 6.41. The van der Waals surface area contributed by atoms with Crippen LogP contribution < -0.4 is 4.72 Å². The number of carbonyl (C=O) groups excluding carboxylic acids is 1. The average Bonchev–Trinajstić information content (AvgIpc) is 2.91. The van der Waals surface area contributed by atoms with Gasteiger partial charge in [-0.25, -0.2) is 13.4 Å². The van der Waals surface area contributed by atoms with Gasteiger partial charge in [-0.1, -0.05) is 17.7 Å². The number of hydrogen-bond donors (Lipinski definition) is 1. The third-order valence-corrected chi connectivity index (χ3v) is 6.26. The molecule has 0 saturated carbocycles. The fourth-order valence-electron chi connectivity index (χ4n) is 3.12. The number of fused-ring (bicyclic) bond motifs is 1. The van der Waals surface area contributed by atoms with Gasteiger partial charge in [0.05, 0.1) is 21.6 Å². The Morgan fingerprint density at radius 2 is 1.96 bits per heavy atom. The number of esters is 1. The number of imidazole rings is 1. The predicted molar refractivity (Wildman–Crippen MR) is 108 cm³/mol. The van der Waals surface area contributed by atoms with Crippen molar-refractivity contribution in [1.82, 2.24) is 9.55 Å². The van der Waals surface area contributed by atoms with Crippen LogP contribution in [-0.2, 0) is 19.6 Å². The summed E-state index contributed by atoms with van der Waals surface area (Å²) in [5, 5.41) is 0.377. The third-order valence-electron chi connectivity index (χ3n) is 4.33. The van der Waals surface area contributed by atoms with Gasteiger partial charge in [0.2, 0.25) is 0 Å². The second kappa shape index (κ2) is 7.44. The Morgan fingerprint density at radius 3 is 2.64 bits per heavy atom. The van der Waals surface area contributed by atoms with E-state index in [1.54, 1.807) is 55.7 Å². The van der Waals surface area contributed by atoms with Crippen LogP contribution in [0.25, 0.3) is 11.0 Å². The summed E-state index contributed by atoms with van der Waals surface area (Å²) < 4.78 is 35.2. The first-order valence-electron chi connectivity index (χ1n) is 8.54. The fraction of sp³-hybridized carbons (Fsp3) is 0.263. The van der Waals surface area contributed by atoms with E-state index in [1.165, 1.54) is 13.0 Å². The van der Waals surface area contributed by atoms with Crippen LogP contribution in [0.3, 0.4) is 0 Å². The number of sulfonamides is 1. The molecule has 2 aromatic carbocycles. The maximum absolute atomic E-state index is 12.8. The van der Waals surface area contributed by atoms with Crippen molar-refractivity contribution in [2.45, 2.75) is 38.8 Å². The van der Waals surface area contributed by atoms with Crippen LogP contribution in [0, 0.1) is 13.8 Å². The zero-order chi connectivity index (χ0) is 20.6. The summed E-state index contributed by atoms with van der Waals surface area (Å²) in [7, 11) is -3.83. The summed E-state index contributed by atoms with van der Waals surface area (Å²) in [5.74, 6) is 0.233. The molecule has 1 aromatic heterocycles. The highest BCUT2D eigenvalue weighted by molar-refractivity contribution is 7.92. The number of carbonyl (C=O) groups is 1. The summed E-state index contributed by atoms with van der Waals surface area (Å²) in [6, 6.07) is 9.73. The Balaban J connectivity index is 2.02. The number of ether oxygens (including phenoxy) is 1. The highest BCUT2D eigenvalue weighted by Crippen LogP contribution is 2.28. The van der Waals surface area contributed by atoms with Gasteiger partial charge in [-0.05, 0) is 56.7 Å². The van der Waals surface area contributed by atoms with E-state index >= 15 is 0 Å². The van der Waals surface area contributed by atoms with Crippen LogP contribution >= 0.6 is 11.6 Å². The molecule has 0 aliphatic carbocycles. The van der Waals surface area contributed by atoms with Crippen molar-refractivity contribution in [3.8, 4) is 0 Å². The van der Waals surface area contributed by atoms with Crippen molar-refractivity contribution in [1.29, 1.82) is 0 Å². The molecule has 1 atom stereocenters. The minimum atomic E-state index is -3.83. The Bertz CT molecular complexity index is 1170. The lowest BCUT2D eigenvalue weighted by Gasteiger charge is -2.16. The summed E-state index contributed by atoms with van der Waals surface area (Å²) >= 11 is 6.06. The molecule has 9 heteroatoms. The number of rotatable bonds is 5. The lowest BCUT2D eigenvalue weighted by Crippen LogP contribution is -2.15. The van der Waals surface area contributed by atoms with Gasteiger partial charge in [-0.3, -0.25) is 14.1 Å². The minimum absolute atomic E-state index is 0.109. The zero-order valence-corrected chi connectivity index (χ0v) is 17.4. The second-order valence-corrected chi connectivity index (χ2v) is 8.47. The van der Waals surface area contributed by atoms with Gasteiger partial charge in [0.25, 0.3) is 10.0 Å². The van der Waals surface area contributed by atoms with E-state index in [4.69, 9.17) is 16.3 Å². The highest BCUT2D eigenvalue weighted by atomic mass is 35.5. The molecular weight excluding hydrogens is 402 g/mol. The van der Waals surface area contributed by atoms with E-state index in [0.29, 0.717) is 33.1 Å². The molecule has 0 radical (unpaired) electrons. The van der Waals surface area contributed by atoms with Crippen molar-refractivity contribution in [3.05, 3.63) is 52.8 Å². The number of hydrogen-bond acceptors (Lipinski definition) is 5. The van der Waals surface area contributed by atoms with Crippen molar-refractivity contribution < 1.29 is 17.9 Å². The predicted octanol–water partition coefficient (Wildman–Crippen LogP) is 4.19. The summed E-state index contributed by atoms with van der Waals surface area (Å²) in [6.45, 7) is 6.50. The molecule has 7 nitrogen and oxygen atoms in total. The molecule has 1 N–H and O–H groups in total. The van der Waals surface area contributed by atoms with Crippen LogP contribution in [0.15, 0.2) is 41.3 Å². The number of nitrogens with one attached hydrogen (secondary N) is 1. The number of anilines is 1. The number of halogens is 1. The van der Waals surface area contributed by atoms with Crippen molar-refractivity contribution in [2.24, 2.45) is 0 Å². The highest BCUT2D eigenvalue weighted by Gasteiger charge is 2.20. The van der Waals surface area contributed by atoms with Gasteiger partial charge < -0.3 is 4.74 Å². The smallest absolute Gasteiger partial charge is 0.304 e. The summed E-state index contributed by atoms with van der Waals surface area (Å²) in [5.41, 5.74) is 2.15. The maximum Gasteiger partial charge on any atom is 0.304 e. The van der Waals surface area contributed by atoms with E-state index in [1.807, 2.05) is 0 Å². The van der Waals surface area contributed by atoms with Crippen LogP contribution in [0.5, 0.6) is 0 Å². The maximum atomic E-state index is 12.8. The van der Waals surface area contributed by atoms with Gasteiger partial charge in [-0.15, -0.1) is 0 Å². The molecule has 0 bridgehead atoms. The summed E-state index contributed by atoms with van der Waals surface area (Å²) in [6.07, 6.45) is -0.579. The molecule has 0 saturated heterocycles. The van der Waals surface area contributed by atoms with E-state index < -0.39 is 22.2 Å². The topological polar surface area (TPSA) is 90.3 Å². The molecule has 1 unspecified atom stereocenters. The third kappa shape index (κ3) is 3.83. The standard InChI is InChI=1S/C19H20ClN3O4S/c1-11-16(20)6-5-7-19(11)28(25,26)22-15-8-9-17-18(10-15)23(12(2)21-17)13(3)27-14(4)24/h5-10,13,22H,1-4H3. The van der Waals surface area contributed by atoms with Gasteiger partial charge in [0, 0.05) is 11.9 Å². The molecular formula is C19H20ClN3O4S. The fourth-order valence-corrected chi connectivity index (χ4v) is 4.67. The molecule has 0 amide bonds. The first-order chi connectivity index (χ1) is 13.1. The quantitative estimate of drug-likeness (QED) is 0.624. The Morgan fingerprint density at radius 1 is 1.25 bits per heavy atom. The molecule has 148 valence electrons. The molecule has 3 rings (SSSR count). The lowest BCUT2D eigenvalue weighted by atomic mass is 10.2. The van der Waals surface area contributed by atoms with Gasteiger partial charge in [-0.2, -0.15) is 0 Å². The molecule has 0 aliphatic heterocycles. The zero-order valence-electron chi connectivity index (χ0n) is 15.9. The number of aryl methyl sites for hydroxylation is 1. The van der Waals surface area contributed by atoms with Gasteiger partial charge in [0.15, 0.2) is 6.23 Å². The molecule has 28 heavy (non-hydrogen) atoms. The minimum Gasteiger partial charge on any atom is -0.442 e. The van der Waals surface area contributed by atoms with Crippen LogP contribution in [-0.4, -0.2) is 23.9 Å².